The van der Waals surface area contributed by atoms with Crippen molar-refractivity contribution in [2.24, 2.45) is 0 Å². The zero-order chi connectivity index (χ0) is 20.2. The molecule has 0 heterocycles. The molecule has 6 aromatic rings. The number of hydrogen-bond donors (Lipinski definition) is 2. The van der Waals surface area contributed by atoms with E-state index in [1.807, 2.05) is 24.3 Å². The fraction of sp³-hybridized carbons (Fsp3) is 0.103. The zero-order valence-corrected chi connectivity index (χ0v) is 16.6. The van der Waals surface area contributed by atoms with E-state index in [-0.39, 0.29) is 0 Å². The van der Waals surface area contributed by atoms with Crippen molar-refractivity contribution in [3.8, 4) is 11.5 Å². The number of benzene rings is 6. The molecule has 9 rings (SSSR count). The SMILES string of the molecule is Oc1c2ccccc2c(O)c2c3c4c5c(ccc6c5c5c(ccc7c5c4c(c12)C7)C6)C3. The lowest BCUT2D eigenvalue weighted by molar-refractivity contribution is 0.478. The monoisotopic (exact) mass is 396 g/mol. The highest BCUT2D eigenvalue weighted by atomic mass is 16.3. The van der Waals surface area contributed by atoms with Gasteiger partial charge in [-0.1, -0.05) is 48.5 Å². The van der Waals surface area contributed by atoms with E-state index in [2.05, 4.69) is 24.3 Å². The molecule has 0 fully saturated rings. The molecule has 0 radical (unpaired) electrons. The van der Waals surface area contributed by atoms with Gasteiger partial charge in [-0.3, -0.25) is 0 Å². The van der Waals surface area contributed by atoms with Gasteiger partial charge < -0.3 is 10.2 Å². The van der Waals surface area contributed by atoms with Crippen LogP contribution in [0.1, 0.15) is 33.4 Å². The summed E-state index contributed by atoms with van der Waals surface area (Å²) >= 11 is 0. The molecule has 144 valence electrons. The maximum atomic E-state index is 11.5. The van der Waals surface area contributed by atoms with Crippen molar-refractivity contribution < 1.29 is 10.2 Å². The van der Waals surface area contributed by atoms with Gasteiger partial charge in [0.25, 0.3) is 0 Å². The molecule has 3 aliphatic rings. The van der Waals surface area contributed by atoms with Gasteiger partial charge in [0.15, 0.2) is 0 Å². The van der Waals surface area contributed by atoms with Crippen molar-refractivity contribution in [3.63, 3.8) is 0 Å². The molecule has 0 unspecified atom stereocenters. The van der Waals surface area contributed by atoms with E-state index in [0.29, 0.717) is 11.5 Å². The highest BCUT2D eigenvalue weighted by Crippen LogP contribution is 2.58. The van der Waals surface area contributed by atoms with Crippen molar-refractivity contribution in [2.75, 3.05) is 0 Å². The lowest BCUT2D eigenvalue weighted by atomic mass is 9.88. The van der Waals surface area contributed by atoms with Crippen LogP contribution in [-0.2, 0) is 19.3 Å². The molecule has 6 aromatic carbocycles. The van der Waals surface area contributed by atoms with Crippen LogP contribution in [0.2, 0.25) is 0 Å². The Bertz CT molecular complexity index is 1790. The van der Waals surface area contributed by atoms with E-state index in [4.69, 9.17) is 0 Å². The van der Waals surface area contributed by atoms with E-state index < -0.39 is 0 Å². The van der Waals surface area contributed by atoms with Crippen molar-refractivity contribution >= 4 is 53.9 Å². The molecule has 3 aliphatic carbocycles. The molecule has 0 aliphatic heterocycles. The lowest BCUT2D eigenvalue weighted by Gasteiger charge is -2.16. The second kappa shape index (κ2) is 4.45. The van der Waals surface area contributed by atoms with Gasteiger partial charge in [0.2, 0.25) is 0 Å². The third-order valence-corrected chi connectivity index (χ3v) is 8.24. The topological polar surface area (TPSA) is 40.5 Å². The second-order valence-electron chi connectivity index (χ2n) is 9.50. The Hall–Kier alpha value is -3.78. The highest BCUT2D eigenvalue weighted by Gasteiger charge is 2.35. The third-order valence-electron chi connectivity index (χ3n) is 8.24. The first-order valence-corrected chi connectivity index (χ1v) is 11.0. The van der Waals surface area contributed by atoms with E-state index in [1.54, 1.807) is 0 Å². The summed E-state index contributed by atoms with van der Waals surface area (Å²) in [6.45, 7) is 0. The average Bonchev–Trinajstić information content (AvgIpc) is 3.46. The minimum absolute atomic E-state index is 0.310. The van der Waals surface area contributed by atoms with Gasteiger partial charge >= 0.3 is 0 Å². The van der Waals surface area contributed by atoms with Crippen molar-refractivity contribution in [2.45, 2.75) is 19.3 Å². The van der Waals surface area contributed by atoms with E-state index in [9.17, 15) is 10.2 Å². The van der Waals surface area contributed by atoms with Crippen LogP contribution in [0.3, 0.4) is 0 Å². The zero-order valence-electron chi connectivity index (χ0n) is 16.6. The van der Waals surface area contributed by atoms with E-state index in [0.717, 1.165) is 40.8 Å². The van der Waals surface area contributed by atoms with Gasteiger partial charge in [-0.25, -0.2) is 0 Å². The van der Waals surface area contributed by atoms with Crippen LogP contribution >= 0.6 is 0 Å². The fourth-order valence-corrected chi connectivity index (χ4v) is 7.14. The number of phenols is 2. The highest BCUT2D eigenvalue weighted by molar-refractivity contribution is 6.37. The number of fused-ring (bicyclic) bond motifs is 4. The van der Waals surface area contributed by atoms with Crippen LogP contribution in [0, 0.1) is 0 Å². The maximum absolute atomic E-state index is 11.5. The molecule has 0 saturated carbocycles. The minimum atomic E-state index is 0.310. The predicted molar refractivity (Wildman–Crippen MR) is 126 cm³/mol. The standard InChI is InChI=1S/C29H16O2/c30-28-16-3-1-2-4-17(16)29(31)27-19-11-15-8-6-13-9-12-5-7-14-10-18(26(27)28)24-22(14)20(12)21(13)23(15)25(19)24/h1-8,30-31H,9-11H2. The van der Waals surface area contributed by atoms with Crippen molar-refractivity contribution in [1.82, 2.24) is 0 Å². The first-order valence-electron chi connectivity index (χ1n) is 11.0. The molecule has 2 heteroatoms. The van der Waals surface area contributed by atoms with E-state index >= 15 is 0 Å². The van der Waals surface area contributed by atoms with Gasteiger partial charge in [0.1, 0.15) is 11.5 Å². The van der Waals surface area contributed by atoms with Gasteiger partial charge in [0, 0.05) is 21.5 Å². The summed E-state index contributed by atoms with van der Waals surface area (Å²) in [5.41, 5.74) is 7.94. The average molecular weight is 396 g/mol. The van der Waals surface area contributed by atoms with Crippen LogP contribution < -0.4 is 0 Å². The number of hydrogen-bond acceptors (Lipinski definition) is 2. The maximum Gasteiger partial charge on any atom is 0.131 e. The number of rotatable bonds is 0. The number of phenolic OH excluding ortho intramolecular Hbond substituents is 2. The van der Waals surface area contributed by atoms with Gasteiger partial charge in [-0.2, -0.15) is 0 Å². The summed E-state index contributed by atoms with van der Waals surface area (Å²) in [6, 6.07) is 16.9. The summed E-state index contributed by atoms with van der Waals surface area (Å²) < 4.78 is 0. The first kappa shape index (κ1) is 15.1. The molecule has 0 amide bonds. The van der Waals surface area contributed by atoms with Gasteiger partial charge in [-0.05, 0) is 85.0 Å². The third kappa shape index (κ3) is 1.39. The normalized spacial score (nSPS) is 15.0. The quantitative estimate of drug-likeness (QED) is 0.173. The molecule has 0 saturated heterocycles. The number of aromatic hydroxyl groups is 2. The predicted octanol–water partition coefficient (Wildman–Crippen LogP) is 6.58. The fourth-order valence-electron chi connectivity index (χ4n) is 7.14. The Kier molecular flexibility index (Phi) is 2.17. The molecule has 0 bridgehead atoms. The van der Waals surface area contributed by atoms with Crippen LogP contribution in [-0.4, -0.2) is 10.2 Å². The molecular weight excluding hydrogens is 380 g/mol. The van der Waals surface area contributed by atoms with Crippen LogP contribution in [0.25, 0.3) is 53.9 Å². The molecule has 2 nitrogen and oxygen atoms in total. The Morgan fingerprint density at radius 3 is 1.26 bits per heavy atom. The molecular formula is C29H16O2. The Labute approximate surface area is 177 Å². The van der Waals surface area contributed by atoms with Gasteiger partial charge in [0.05, 0.1) is 0 Å². The summed E-state index contributed by atoms with van der Waals surface area (Å²) in [4.78, 5) is 0. The van der Waals surface area contributed by atoms with Crippen LogP contribution in [0.15, 0.2) is 48.5 Å². The largest absolute Gasteiger partial charge is 0.507 e. The Morgan fingerprint density at radius 1 is 0.419 bits per heavy atom. The first-order chi connectivity index (χ1) is 15.2. The van der Waals surface area contributed by atoms with E-state index in [1.165, 1.54) is 65.7 Å². The summed E-state index contributed by atoms with van der Waals surface area (Å²) in [5.74, 6) is 0.619. The Morgan fingerprint density at radius 2 is 0.806 bits per heavy atom. The molecule has 0 atom stereocenters. The molecule has 0 spiro atoms. The summed E-state index contributed by atoms with van der Waals surface area (Å²) in [6.07, 6.45) is 2.63. The summed E-state index contributed by atoms with van der Waals surface area (Å²) in [7, 11) is 0. The minimum Gasteiger partial charge on any atom is -0.507 e. The van der Waals surface area contributed by atoms with Crippen LogP contribution in [0.4, 0.5) is 0 Å². The Balaban J connectivity index is 1.71. The summed E-state index contributed by atoms with van der Waals surface area (Å²) in [5, 5.41) is 34.4. The molecule has 0 aromatic heterocycles. The molecule has 31 heavy (non-hydrogen) atoms. The smallest absolute Gasteiger partial charge is 0.131 e. The second-order valence-corrected chi connectivity index (χ2v) is 9.50. The lowest BCUT2D eigenvalue weighted by Crippen LogP contribution is -1.93. The van der Waals surface area contributed by atoms with Crippen molar-refractivity contribution in [1.29, 1.82) is 0 Å². The van der Waals surface area contributed by atoms with Gasteiger partial charge in [-0.15, -0.1) is 0 Å². The molecule has 2 N–H and O–H groups in total. The van der Waals surface area contributed by atoms with Crippen molar-refractivity contribution in [3.05, 3.63) is 81.9 Å². The van der Waals surface area contributed by atoms with Crippen LogP contribution in [0.5, 0.6) is 11.5 Å².